The van der Waals surface area contributed by atoms with Gasteiger partial charge in [-0.15, -0.1) is 0 Å². The van der Waals surface area contributed by atoms with E-state index in [4.69, 9.17) is 16.3 Å². The Labute approximate surface area is 169 Å². The molecule has 1 amide bonds. The van der Waals surface area contributed by atoms with Crippen LogP contribution < -0.4 is 4.74 Å². The quantitative estimate of drug-likeness (QED) is 0.673. The smallest absolute Gasteiger partial charge is 0.254 e. The molecule has 0 unspecified atom stereocenters. The summed E-state index contributed by atoms with van der Waals surface area (Å²) in [5.41, 5.74) is 2.77. The SMILES string of the molecule is COc1cccc(C(=O)N2CCN(Cc3cc(Cl)cc4cccnc34)CC2)c1. The molecule has 2 aromatic carbocycles. The number of piperazine rings is 1. The van der Waals surface area contributed by atoms with Gasteiger partial charge in [0.2, 0.25) is 0 Å². The first kappa shape index (κ1) is 18.7. The van der Waals surface area contributed by atoms with Gasteiger partial charge in [0.15, 0.2) is 0 Å². The maximum Gasteiger partial charge on any atom is 0.254 e. The van der Waals surface area contributed by atoms with E-state index in [9.17, 15) is 4.79 Å². The summed E-state index contributed by atoms with van der Waals surface area (Å²) < 4.78 is 5.22. The number of benzene rings is 2. The molecule has 1 aliphatic rings. The lowest BCUT2D eigenvalue weighted by Gasteiger charge is -2.35. The van der Waals surface area contributed by atoms with Crippen molar-refractivity contribution in [2.75, 3.05) is 33.3 Å². The molecule has 1 saturated heterocycles. The van der Waals surface area contributed by atoms with Gasteiger partial charge in [-0.3, -0.25) is 14.7 Å². The minimum atomic E-state index is 0.0495. The molecule has 4 rings (SSSR count). The third-order valence-electron chi connectivity index (χ3n) is 5.12. The highest BCUT2D eigenvalue weighted by Gasteiger charge is 2.23. The van der Waals surface area contributed by atoms with E-state index < -0.39 is 0 Å². The van der Waals surface area contributed by atoms with Crippen LogP contribution in [0.2, 0.25) is 5.02 Å². The number of ether oxygens (including phenoxy) is 1. The minimum Gasteiger partial charge on any atom is -0.497 e. The van der Waals surface area contributed by atoms with Crippen LogP contribution in [0.4, 0.5) is 0 Å². The largest absolute Gasteiger partial charge is 0.497 e. The monoisotopic (exact) mass is 395 g/mol. The van der Waals surface area contributed by atoms with Gasteiger partial charge < -0.3 is 9.64 Å². The van der Waals surface area contributed by atoms with Gasteiger partial charge in [0.1, 0.15) is 5.75 Å². The molecule has 144 valence electrons. The van der Waals surface area contributed by atoms with Crippen LogP contribution in [0.5, 0.6) is 5.75 Å². The number of carbonyl (C=O) groups excluding carboxylic acids is 1. The summed E-state index contributed by atoms with van der Waals surface area (Å²) in [5.74, 6) is 0.748. The van der Waals surface area contributed by atoms with Crippen LogP contribution in [0.25, 0.3) is 10.9 Å². The highest BCUT2D eigenvalue weighted by Crippen LogP contribution is 2.24. The van der Waals surface area contributed by atoms with Crippen LogP contribution in [0.1, 0.15) is 15.9 Å². The van der Waals surface area contributed by atoms with Crippen molar-refractivity contribution in [3.05, 3.63) is 70.9 Å². The predicted molar refractivity (Wildman–Crippen MR) is 111 cm³/mol. The van der Waals surface area contributed by atoms with E-state index in [-0.39, 0.29) is 5.91 Å². The average Bonchev–Trinajstić information content (AvgIpc) is 2.73. The molecule has 0 radical (unpaired) electrons. The molecule has 1 fully saturated rings. The van der Waals surface area contributed by atoms with Gasteiger partial charge in [-0.05, 0) is 42.0 Å². The van der Waals surface area contributed by atoms with Crippen LogP contribution in [0.15, 0.2) is 54.7 Å². The zero-order valence-electron chi connectivity index (χ0n) is 15.8. The van der Waals surface area contributed by atoms with E-state index >= 15 is 0 Å². The second-order valence-electron chi connectivity index (χ2n) is 6.94. The molecule has 0 atom stereocenters. The first-order valence-electron chi connectivity index (χ1n) is 9.33. The fourth-order valence-corrected chi connectivity index (χ4v) is 3.89. The number of halogens is 1. The maximum atomic E-state index is 12.8. The van der Waals surface area contributed by atoms with Crippen molar-refractivity contribution in [3.8, 4) is 5.75 Å². The summed E-state index contributed by atoms with van der Waals surface area (Å²) in [7, 11) is 1.61. The van der Waals surface area contributed by atoms with Crippen LogP contribution in [-0.2, 0) is 6.54 Å². The van der Waals surface area contributed by atoms with Gasteiger partial charge in [-0.2, -0.15) is 0 Å². The number of aromatic nitrogens is 1. The molecule has 5 nitrogen and oxygen atoms in total. The van der Waals surface area contributed by atoms with Crippen molar-refractivity contribution in [1.82, 2.24) is 14.8 Å². The van der Waals surface area contributed by atoms with Crippen molar-refractivity contribution in [2.45, 2.75) is 6.54 Å². The summed E-state index contributed by atoms with van der Waals surface area (Å²) in [6.07, 6.45) is 1.81. The van der Waals surface area contributed by atoms with Crippen LogP contribution in [0, 0.1) is 0 Å². The summed E-state index contributed by atoms with van der Waals surface area (Å²) in [6, 6.07) is 15.2. The van der Waals surface area contributed by atoms with Crippen molar-refractivity contribution in [3.63, 3.8) is 0 Å². The molecular formula is C22H22ClN3O2. The number of nitrogens with zero attached hydrogens (tertiary/aromatic N) is 3. The fraction of sp³-hybridized carbons (Fsp3) is 0.273. The Morgan fingerprint density at radius 3 is 2.71 bits per heavy atom. The Balaban J connectivity index is 1.43. The highest BCUT2D eigenvalue weighted by molar-refractivity contribution is 6.31. The predicted octanol–water partition coefficient (Wildman–Crippen LogP) is 3.85. The van der Waals surface area contributed by atoms with E-state index in [2.05, 4.69) is 9.88 Å². The lowest BCUT2D eigenvalue weighted by molar-refractivity contribution is 0.0628. The fourth-order valence-electron chi connectivity index (χ4n) is 3.64. The number of carbonyl (C=O) groups is 1. The van der Waals surface area contributed by atoms with Crippen molar-refractivity contribution in [1.29, 1.82) is 0 Å². The maximum absolute atomic E-state index is 12.8. The van der Waals surface area contributed by atoms with Gasteiger partial charge in [-0.1, -0.05) is 23.7 Å². The molecule has 1 aliphatic heterocycles. The molecule has 6 heteroatoms. The number of amides is 1. The normalized spacial score (nSPS) is 15.0. The second-order valence-corrected chi connectivity index (χ2v) is 7.38. The molecule has 3 aromatic rings. The number of fused-ring (bicyclic) bond motifs is 1. The molecular weight excluding hydrogens is 374 g/mol. The molecule has 0 spiro atoms. The molecule has 0 saturated carbocycles. The second kappa shape index (κ2) is 8.17. The first-order chi connectivity index (χ1) is 13.6. The lowest BCUT2D eigenvalue weighted by atomic mass is 10.1. The van der Waals surface area contributed by atoms with Crippen molar-refractivity contribution >= 4 is 28.4 Å². The Morgan fingerprint density at radius 1 is 1.11 bits per heavy atom. The number of hydrogen-bond acceptors (Lipinski definition) is 4. The van der Waals surface area contributed by atoms with Crippen LogP contribution in [-0.4, -0.2) is 54.0 Å². The first-order valence-corrected chi connectivity index (χ1v) is 9.70. The summed E-state index contributed by atoms with van der Waals surface area (Å²) >= 11 is 6.29. The third kappa shape index (κ3) is 3.96. The zero-order chi connectivity index (χ0) is 19.5. The lowest BCUT2D eigenvalue weighted by Crippen LogP contribution is -2.48. The standard InChI is InChI=1S/C22H22ClN3O2/c1-28-20-6-2-4-17(14-20)22(27)26-10-8-25(9-11-26)15-18-13-19(23)12-16-5-3-7-24-21(16)18/h2-7,12-14H,8-11,15H2,1H3. The van der Waals surface area contributed by atoms with Crippen molar-refractivity contribution < 1.29 is 9.53 Å². The third-order valence-corrected chi connectivity index (χ3v) is 5.34. The Bertz CT molecular complexity index is 1000. The molecule has 0 N–H and O–H groups in total. The average molecular weight is 396 g/mol. The molecule has 28 heavy (non-hydrogen) atoms. The highest BCUT2D eigenvalue weighted by atomic mass is 35.5. The summed E-state index contributed by atoms with van der Waals surface area (Å²) in [6.45, 7) is 3.80. The van der Waals surface area contributed by atoms with E-state index in [1.807, 2.05) is 53.6 Å². The zero-order valence-corrected chi connectivity index (χ0v) is 16.5. The van der Waals surface area contributed by atoms with Crippen LogP contribution >= 0.6 is 11.6 Å². The number of rotatable bonds is 4. The Kier molecular flexibility index (Phi) is 5.46. The van der Waals surface area contributed by atoms with E-state index in [1.165, 1.54) is 0 Å². The molecule has 0 bridgehead atoms. The topological polar surface area (TPSA) is 45.7 Å². The minimum absolute atomic E-state index is 0.0495. The van der Waals surface area contributed by atoms with Gasteiger partial charge in [-0.25, -0.2) is 0 Å². The summed E-state index contributed by atoms with van der Waals surface area (Å²) in [5, 5.41) is 1.78. The van der Waals surface area contributed by atoms with E-state index in [0.29, 0.717) is 24.4 Å². The van der Waals surface area contributed by atoms with Crippen molar-refractivity contribution in [2.24, 2.45) is 0 Å². The number of pyridine rings is 1. The molecule has 0 aliphatic carbocycles. The van der Waals surface area contributed by atoms with Gasteiger partial charge in [0.05, 0.1) is 12.6 Å². The van der Waals surface area contributed by atoms with Gasteiger partial charge >= 0.3 is 0 Å². The number of hydrogen-bond donors (Lipinski definition) is 0. The summed E-state index contributed by atoms with van der Waals surface area (Å²) in [4.78, 5) is 21.5. The van der Waals surface area contributed by atoms with Gasteiger partial charge in [0.25, 0.3) is 5.91 Å². The van der Waals surface area contributed by atoms with E-state index in [1.54, 1.807) is 13.2 Å². The Morgan fingerprint density at radius 2 is 1.93 bits per heavy atom. The molecule has 1 aromatic heterocycles. The van der Waals surface area contributed by atoms with Gasteiger partial charge in [0, 0.05) is 54.9 Å². The van der Waals surface area contributed by atoms with E-state index in [0.717, 1.165) is 41.1 Å². The van der Waals surface area contributed by atoms with Crippen LogP contribution in [0.3, 0.4) is 0 Å². The number of methoxy groups -OCH3 is 1. The Hall–Kier alpha value is -2.63. The molecule has 2 heterocycles.